The molecule has 2 aromatic carbocycles. The molecule has 4 rings (SSSR count). The van der Waals surface area contributed by atoms with Gasteiger partial charge in [0.1, 0.15) is 11.6 Å². The van der Waals surface area contributed by atoms with Crippen LogP contribution in [0.15, 0.2) is 65.8 Å². The van der Waals surface area contributed by atoms with Gasteiger partial charge in [0, 0.05) is 23.9 Å². The number of allylic oxidation sites excluding steroid dienone is 1. The van der Waals surface area contributed by atoms with Crippen molar-refractivity contribution in [3.63, 3.8) is 0 Å². The minimum Gasteiger partial charge on any atom is -0.443 e. The SMILES string of the molecule is CC(C)C(=O)N1N=C(c2cc(F)ccc2F)OC1(CCCNC1C=CCC1)c1ccccc1. The largest absolute Gasteiger partial charge is 0.443 e. The Labute approximate surface area is 193 Å². The van der Waals surface area contributed by atoms with E-state index in [1.807, 2.05) is 30.3 Å². The van der Waals surface area contributed by atoms with E-state index in [0.717, 1.165) is 43.1 Å². The minimum absolute atomic E-state index is 0.100. The summed E-state index contributed by atoms with van der Waals surface area (Å²) in [5.41, 5.74) is -0.622. The highest BCUT2D eigenvalue weighted by atomic mass is 19.1. The number of rotatable bonds is 8. The van der Waals surface area contributed by atoms with Crippen molar-refractivity contribution >= 4 is 11.8 Å². The van der Waals surface area contributed by atoms with Gasteiger partial charge in [0.25, 0.3) is 0 Å². The third-order valence-corrected chi connectivity index (χ3v) is 6.00. The molecule has 2 aliphatic rings. The molecule has 2 aromatic rings. The van der Waals surface area contributed by atoms with Crippen LogP contribution in [0.4, 0.5) is 8.78 Å². The Morgan fingerprint density at radius 1 is 1.24 bits per heavy atom. The first-order valence-electron chi connectivity index (χ1n) is 11.4. The molecule has 1 heterocycles. The molecule has 0 saturated carbocycles. The molecule has 1 aliphatic carbocycles. The smallest absolute Gasteiger partial charge is 0.249 e. The molecule has 33 heavy (non-hydrogen) atoms. The van der Waals surface area contributed by atoms with Gasteiger partial charge in [-0.05, 0) is 44.0 Å². The van der Waals surface area contributed by atoms with Crippen molar-refractivity contribution in [3.05, 3.63) is 83.4 Å². The quantitative estimate of drug-likeness (QED) is 0.448. The topological polar surface area (TPSA) is 53.9 Å². The van der Waals surface area contributed by atoms with E-state index < -0.39 is 17.4 Å². The number of ether oxygens (including phenoxy) is 1. The number of benzene rings is 2. The van der Waals surface area contributed by atoms with Crippen molar-refractivity contribution in [2.75, 3.05) is 6.54 Å². The highest BCUT2D eigenvalue weighted by molar-refractivity contribution is 5.97. The first-order chi connectivity index (χ1) is 15.9. The maximum absolute atomic E-state index is 14.6. The number of hydrogen-bond donors (Lipinski definition) is 1. The molecular formula is C26H29F2N3O2. The van der Waals surface area contributed by atoms with E-state index >= 15 is 0 Å². The number of nitrogens with one attached hydrogen (secondary N) is 1. The van der Waals surface area contributed by atoms with Crippen molar-refractivity contribution in [2.45, 2.75) is 51.3 Å². The van der Waals surface area contributed by atoms with Crippen molar-refractivity contribution in [1.82, 2.24) is 10.3 Å². The fraction of sp³-hybridized carbons (Fsp3) is 0.385. The number of amides is 1. The van der Waals surface area contributed by atoms with Crippen molar-refractivity contribution in [3.8, 4) is 0 Å². The second-order valence-corrected chi connectivity index (χ2v) is 8.76. The molecule has 2 atom stereocenters. The van der Waals surface area contributed by atoms with Gasteiger partial charge in [-0.25, -0.2) is 8.78 Å². The Bertz CT molecular complexity index is 1050. The Morgan fingerprint density at radius 3 is 2.73 bits per heavy atom. The maximum Gasteiger partial charge on any atom is 0.249 e. The number of carbonyl (C=O) groups is 1. The zero-order chi connectivity index (χ0) is 23.4. The van der Waals surface area contributed by atoms with Crippen LogP contribution in [0.25, 0.3) is 0 Å². The van der Waals surface area contributed by atoms with Crippen LogP contribution in [-0.2, 0) is 15.3 Å². The van der Waals surface area contributed by atoms with Crippen LogP contribution in [0, 0.1) is 17.6 Å². The lowest BCUT2D eigenvalue weighted by molar-refractivity contribution is -0.156. The second kappa shape index (κ2) is 9.83. The first kappa shape index (κ1) is 23.1. The van der Waals surface area contributed by atoms with E-state index in [1.165, 1.54) is 5.01 Å². The van der Waals surface area contributed by atoms with Crippen molar-refractivity contribution in [2.24, 2.45) is 11.0 Å². The van der Waals surface area contributed by atoms with Gasteiger partial charge >= 0.3 is 0 Å². The van der Waals surface area contributed by atoms with Gasteiger partial charge < -0.3 is 10.1 Å². The summed E-state index contributed by atoms with van der Waals surface area (Å²) in [7, 11) is 0. The van der Waals surface area contributed by atoms with Crippen LogP contribution in [-0.4, -0.2) is 29.4 Å². The average Bonchev–Trinajstić information content (AvgIpc) is 3.47. The molecule has 0 spiro atoms. The lowest BCUT2D eigenvalue weighted by atomic mass is 9.95. The molecule has 0 saturated heterocycles. The summed E-state index contributed by atoms with van der Waals surface area (Å²) in [6.45, 7) is 4.28. The zero-order valence-electron chi connectivity index (χ0n) is 18.9. The highest BCUT2D eigenvalue weighted by Crippen LogP contribution is 2.41. The second-order valence-electron chi connectivity index (χ2n) is 8.76. The molecule has 0 bridgehead atoms. The van der Waals surface area contributed by atoms with Crippen LogP contribution in [0.3, 0.4) is 0 Å². The van der Waals surface area contributed by atoms with E-state index in [1.54, 1.807) is 13.8 Å². The van der Waals surface area contributed by atoms with Gasteiger partial charge in [0.15, 0.2) is 0 Å². The van der Waals surface area contributed by atoms with Gasteiger partial charge in [-0.15, -0.1) is 5.10 Å². The summed E-state index contributed by atoms with van der Waals surface area (Å²) in [6, 6.07) is 12.8. The third kappa shape index (κ3) is 4.83. The van der Waals surface area contributed by atoms with Crippen LogP contribution < -0.4 is 5.32 Å². The maximum atomic E-state index is 14.6. The van der Waals surface area contributed by atoms with Gasteiger partial charge in [0.05, 0.1) is 5.56 Å². The summed E-state index contributed by atoms with van der Waals surface area (Å²) in [5, 5.41) is 9.24. The lowest BCUT2D eigenvalue weighted by Crippen LogP contribution is -2.47. The fourth-order valence-corrected chi connectivity index (χ4v) is 4.24. The average molecular weight is 454 g/mol. The first-order valence-corrected chi connectivity index (χ1v) is 11.4. The van der Waals surface area contributed by atoms with Gasteiger partial charge in [-0.2, -0.15) is 5.01 Å². The summed E-state index contributed by atoms with van der Waals surface area (Å²) < 4.78 is 34.8. The van der Waals surface area contributed by atoms with E-state index in [4.69, 9.17) is 4.74 Å². The number of nitrogens with zero attached hydrogens (tertiary/aromatic N) is 2. The molecular weight excluding hydrogens is 424 g/mol. The monoisotopic (exact) mass is 453 g/mol. The van der Waals surface area contributed by atoms with Crippen LogP contribution in [0.2, 0.25) is 0 Å². The summed E-state index contributed by atoms with van der Waals surface area (Å²) >= 11 is 0. The molecule has 0 fully saturated rings. The van der Waals surface area contributed by atoms with Crippen molar-refractivity contribution in [1.29, 1.82) is 0 Å². The Hall–Kier alpha value is -3.06. The third-order valence-electron chi connectivity index (χ3n) is 6.00. The van der Waals surface area contributed by atoms with Gasteiger partial charge in [-0.1, -0.05) is 56.3 Å². The number of carbonyl (C=O) groups excluding carboxylic acids is 1. The molecule has 7 heteroatoms. The summed E-state index contributed by atoms with van der Waals surface area (Å²) in [4.78, 5) is 13.3. The van der Waals surface area contributed by atoms with Crippen LogP contribution >= 0.6 is 0 Å². The fourth-order valence-electron chi connectivity index (χ4n) is 4.24. The minimum atomic E-state index is -1.25. The molecule has 174 valence electrons. The molecule has 1 aliphatic heterocycles. The Balaban J connectivity index is 1.68. The van der Waals surface area contributed by atoms with Crippen molar-refractivity contribution < 1.29 is 18.3 Å². The standard InChI is InChI=1S/C26H29F2N3O2/c1-18(2)25(32)31-26(19-9-4-3-5-10-19,15-8-16-29-21-11-6-7-12-21)33-24(30-31)22-17-20(27)13-14-23(22)28/h3-6,9-11,13-14,17-18,21,29H,7-8,12,15-16H2,1-2H3. The van der Waals surface area contributed by atoms with Gasteiger partial charge in [0.2, 0.25) is 17.5 Å². The molecule has 5 nitrogen and oxygen atoms in total. The van der Waals surface area contributed by atoms with Crippen LogP contribution in [0.5, 0.6) is 0 Å². The van der Waals surface area contributed by atoms with E-state index in [2.05, 4.69) is 22.6 Å². The predicted octanol–water partition coefficient (Wildman–Crippen LogP) is 5.08. The highest BCUT2D eigenvalue weighted by Gasteiger charge is 2.50. The van der Waals surface area contributed by atoms with Crippen LogP contribution in [0.1, 0.15) is 50.7 Å². The molecule has 1 amide bonds. The summed E-state index contributed by atoms with van der Waals surface area (Å²) in [6.07, 6.45) is 7.60. The van der Waals surface area contributed by atoms with Gasteiger partial charge in [-0.3, -0.25) is 4.79 Å². The lowest BCUT2D eigenvalue weighted by Gasteiger charge is -2.36. The predicted molar refractivity (Wildman–Crippen MR) is 123 cm³/mol. The Kier molecular flexibility index (Phi) is 6.88. The Morgan fingerprint density at radius 2 is 2.03 bits per heavy atom. The molecule has 1 N–H and O–H groups in total. The molecule has 0 radical (unpaired) electrons. The van der Waals surface area contributed by atoms with E-state index in [0.29, 0.717) is 18.9 Å². The van der Waals surface area contributed by atoms with E-state index in [-0.39, 0.29) is 23.3 Å². The molecule has 0 aromatic heterocycles. The number of hydrogen-bond acceptors (Lipinski definition) is 4. The van der Waals surface area contributed by atoms with E-state index in [9.17, 15) is 13.6 Å². The number of hydrazone groups is 1. The molecule has 2 unspecified atom stereocenters. The summed E-state index contributed by atoms with van der Waals surface area (Å²) in [5.74, 6) is -1.98. The number of halogens is 2. The normalized spacial score (nSPS) is 22.0. The zero-order valence-corrected chi connectivity index (χ0v) is 18.9.